The number of rotatable bonds is 6. The van der Waals surface area contributed by atoms with Crippen molar-refractivity contribution in [2.45, 2.75) is 0 Å². The molecule has 2 aromatic carbocycles. The van der Waals surface area contributed by atoms with E-state index in [9.17, 15) is 22.0 Å². The van der Waals surface area contributed by atoms with Crippen LogP contribution in [0.3, 0.4) is 0 Å². The fourth-order valence-electron chi connectivity index (χ4n) is 2.95. The van der Waals surface area contributed by atoms with E-state index in [2.05, 4.69) is 10.2 Å². The predicted octanol–water partition coefficient (Wildman–Crippen LogP) is 2.21. The SMILES string of the molecule is CS(=O)(=O)N(CC(=O)Nc1ccc(N2CCOCC2)cc1)c1ccc(F)c(F)c1. The molecule has 2 aromatic rings. The number of halogens is 2. The van der Waals surface area contributed by atoms with Crippen LogP contribution >= 0.6 is 0 Å². The van der Waals surface area contributed by atoms with Gasteiger partial charge in [-0.05, 0) is 36.4 Å². The monoisotopic (exact) mass is 425 g/mol. The lowest BCUT2D eigenvalue weighted by atomic mass is 10.2. The van der Waals surface area contributed by atoms with Crippen molar-refractivity contribution >= 4 is 33.0 Å². The summed E-state index contributed by atoms with van der Waals surface area (Å²) in [4.78, 5) is 14.5. The van der Waals surface area contributed by atoms with Gasteiger partial charge in [-0.3, -0.25) is 9.10 Å². The fourth-order valence-corrected chi connectivity index (χ4v) is 3.80. The number of sulfonamides is 1. The van der Waals surface area contributed by atoms with Crippen LogP contribution in [0, 0.1) is 11.6 Å². The summed E-state index contributed by atoms with van der Waals surface area (Å²) in [5.74, 6) is -2.92. The van der Waals surface area contributed by atoms with Crippen LogP contribution < -0.4 is 14.5 Å². The highest BCUT2D eigenvalue weighted by Gasteiger charge is 2.22. The molecule has 3 rings (SSSR count). The zero-order chi connectivity index (χ0) is 21.0. The first-order chi connectivity index (χ1) is 13.7. The van der Waals surface area contributed by atoms with Gasteiger partial charge in [-0.1, -0.05) is 0 Å². The lowest BCUT2D eigenvalue weighted by molar-refractivity contribution is -0.114. The first-order valence-corrected chi connectivity index (χ1v) is 10.7. The molecule has 0 aliphatic carbocycles. The Kier molecular flexibility index (Phi) is 6.33. The minimum Gasteiger partial charge on any atom is -0.378 e. The third-order valence-electron chi connectivity index (χ3n) is 4.41. The number of nitrogens with zero attached hydrogens (tertiary/aromatic N) is 2. The van der Waals surface area contributed by atoms with Gasteiger partial charge in [0.2, 0.25) is 15.9 Å². The number of morpholine rings is 1. The number of hydrogen-bond donors (Lipinski definition) is 1. The molecule has 0 atom stereocenters. The molecule has 29 heavy (non-hydrogen) atoms. The van der Waals surface area contributed by atoms with Crippen molar-refractivity contribution in [3.63, 3.8) is 0 Å². The summed E-state index contributed by atoms with van der Waals surface area (Å²) in [5.41, 5.74) is 1.35. The van der Waals surface area contributed by atoms with Crippen molar-refractivity contribution < 1.29 is 26.7 Å². The van der Waals surface area contributed by atoms with Crippen LogP contribution in [-0.4, -0.2) is 53.4 Å². The molecule has 10 heteroatoms. The van der Waals surface area contributed by atoms with E-state index < -0.39 is 34.1 Å². The van der Waals surface area contributed by atoms with E-state index in [4.69, 9.17) is 4.74 Å². The average molecular weight is 425 g/mol. The quantitative estimate of drug-likeness (QED) is 0.768. The summed E-state index contributed by atoms with van der Waals surface area (Å²) < 4.78 is 56.8. The Bertz CT molecular complexity index is 977. The van der Waals surface area contributed by atoms with E-state index in [0.717, 1.165) is 43.2 Å². The van der Waals surface area contributed by atoms with Crippen LogP contribution in [0.5, 0.6) is 0 Å². The topological polar surface area (TPSA) is 79.0 Å². The van der Waals surface area contributed by atoms with Crippen LogP contribution in [0.25, 0.3) is 0 Å². The fraction of sp³-hybridized carbons (Fsp3) is 0.316. The van der Waals surface area contributed by atoms with Gasteiger partial charge >= 0.3 is 0 Å². The maximum Gasteiger partial charge on any atom is 0.245 e. The number of carbonyl (C=O) groups excluding carboxylic acids is 1. The maximum absolute atomic E-state index is 13.5. The van der Waals surface area contributed by atoms with Crippen molar-refractivity contribution in [1.29, 1.82) is 0 Å². The maximum atomic E-state index is 13.5. The molecular formula is C19H21F2N3O4S. The van der Waals surface area contributed by atoms with Gasteiger partial charge in [-0.2, -0.15) is 0 Å². The van der Waals surface area contributed by atoms with Crippen molar-refractivity contribution in [1.82, 2.24) is 0 Å². The highest BCUT2D eigenvalue weighted by atomic mass is 32.2. The van der Waals surface area contributed by atoms with E-state index in [0.29, 0.717) is 23.2 Å². The molecule has 0 radical (unpaired) electrons. The van der Waals surface area contributed by atoms with E-state index in [1.165, 1.54) is 0 Å². The Morgan fingerprint density at radius 1 is 1.10 bits per heavy atom. The Labute approximate surface area is 167 Å². The second kappa shape index (κ2) is 8.75. The Balaban J connectivity index is 1.69. The third-order valence-corrected chi connectivity index (χ3v) is 5.55. The summed E-state index contributed by atoms with van der Waals surface area (Å²) in [5, 5.41) is 2.61. The minimum absolute atomic E-state index is 0.135. The molecule has 156 valence electrons. The summed E-state index contributed by atoms with van der Waals surface area (Å²) >= 11 is 0. The third kappa shape index (κ3) is 5.42. The predicted molar refractivity (Wildman–Crippen MR) is 107 cm³/mol. The zero-order valence-corrected chi connectivity index (χ0v) is 16.6. The molecule has 1 fully saturated rings. The van der Waals surface area contributed by atoms with Gasteiger partial charge in [0.05, 0.1) is 25.2 Å². The van der Waals surface area contributed by atoms with Gasteiger partial charge in [0, 0.05) is 30.5 Å². The smallest absolute Gasteiger partial charge is 0.245 e. The van der Waals surface area contributed by atoms with Crippen LogP contribution in [0.15, 0.2) is 42.5 Å². The second-order valence-corrected chi connectivity index (χ2v) is 8.47. The number of ether oxygens (including phenoxy) is 1. The van der Waals surface area contributed by atoms with Gasteiger partial charge in [0.1, 0.15) is 6.54 Å². The highest BCUT2D eigenvalue weighted by Crippen LogP contribution is 2.22. The molecule has 1 N–H and O–H groups in total. The molecule has 1 heterocycles. The van der Waals surface area contributed by atoms with E-state index in [1.807, 2.05) is 12.1 Å². The molecule has 1 aliphatic heterocycles. The highest BCUT2D eigenvalue weighted by molar-refractivity contribution is 7.92. The summed E-state index contributed by atoms with van der Waals surface area (Å²) in [6.45, 7) is 2.30. The average Bonchev–Trinajstić information content (AvgIpc) is 2.69. The van der Waals surface area contributed by atoms with E-state index in [1.54, 1.807) is 12.1 Å². The summed E-state index contributed by atoms with van der Waals surface area (Å²) in [6, 6.07) is 9.78. The molecule has 0 saturated carbocycles. The van der Waals surface area contributed by atoms with Crippen molar-refractivity contribution in [2.24, 2.45) is 0 Å². The molecular weight excluding hydrogens is 404 g/mol. The molecule has 1 saturated heterocycles. The number of hydrogen-bond acceptors (Lipinski definition) is 5. The summed E-state index contributed by atoms with van der Waals surface area (Å²) in [6.07, 6.45) is 0.888. The lowest BCUT2D eigenvalue weighted by Crippen LogP contribution is -2.37. The number of nitrogens with one attached hydrogen (secondary N) is 1. The molecule has 0 bridgehead atoms. The van der Waals surface area contributed by atoms with Gasteiger partial charge in [-0.25, -0.2) is 17.2 Å². The Morgan fingerprint density at radius 2 is 1.76 bits per heavy atom. The van der Waals surface area contributed by atoms with Crippen molar-refractivity contribution in [3.8, 4) is 0 Å². The van der Waals surface area contributed by atoms with Gasteiger partial charge in [0.15, 0.2) is 11.6 Å². The molecule has 1 amide bonds. The first kappa shape index (κ1) is 21.0. The second-order valence-electron chi connectivity index (χ2n) is 6.56. The minimum atomic E-state index is -3.89. The van der Waals surface area contributed by atoms with Crippen LogP contribution in [0.2, 0.25) is 0 Å². The number of amides is 1. The normalized spacial score (nSPS) is 14.5. The lowest BCUT2D eigenvalue weighted by Gasteiger charge is -2.29. The van der Waals surface area contributed by atoms with Crippen molar-refractivity contribution in [3.05, 3.63) is 54.1 Å². The molecule has 1 aliphatic rings. The standard InChI is InChI=1S/C19H21F2N3O4S/c1-29(26,27)24(16-6-7-17(20)18(21)12-16)13-19(25)22-14-2-4-15(5-3-14)23-8-10-28-11-9-23/h2-7,12H,8-11,13H2,1H3,(H,22,25). The van der Waals surface area contributed by atoms with Crippen molar-refractivity contribution in [2.75, 3.05) is 53.6 Å². The number of anilines is 3. The van der Waals surface area contributed by atoms with Gasteiger partial charge < -0.3 is 15.0 Å². The number of carbonyl (C=O) groups is 1. The van der Waals surface area contributed by atoms with Crippen LogP contribution in [0.4, 0.5) is 25.8 Å². The zero-order valence-electron chi connectivity index (χ0n) is 15.8. The molecule has 0 aromatic heterocycles. The Morgan fingerprint density at radius 3 is 2.34 bits per heavy atom. The largest absolute Gasteiger partial charge is 0.378 e. The molecule has 0 spiro atoms. The van der Waals surface area contributed by atoms with Crippen LogP contribution in [0.1, 0.15) is 0 Å². The number of benzene rings is 2. The van der Waals surface area contributed by atoms with Gasteiger partial charge in [-0.15, -0.1) is 0 Å². The van der Waals surface area contributed by atoms with E-state index in [-0.39, 0.29) is 5.69 Å². The summed E-state index contributed by atoms with van der Waals surface area (Å²) in [7, 11) is -3.89. The first-order valence-electron chi connectivity index (χ1n) is 8.89. The van der Waals surface area contributed by atoms with E-state index >= 15 is 0 Å². The van der Waals surface area contributed by atoms with Gasteiger partial charge in [0.25, 0.3) is 0 Å². The molecule has 0 unspecified atom stereocenters. The molecule has 7 nitrogen and oxygen atoms in total. The Hall–Kier alpha value is -2.72. The van der Waals surface area contributed by atoms with Crippen LogP contribution in [-0.2, 0) is 19.6 Å².